The molecular weight excluding hydrogens is 182 g/mol. The summed E-state index contributed by atoms with van der Waals surface area (Å²) in [5, 5.41) is 10.8. The number of nitrogens with zero attached hydrogens (tertiary/aromatic N) is 1. The van der Waals surface area contributed by atoms with Crippen LogP contribution in [-0.2, 0) is 10.2 Å². The van der Waals surface area contributed by atoms with Gasteiger partial charge >= 0.3 is 0 Å². The largest absolute Gasteiger partial charge is 0.394 e. The van der Waals surface area contributed by atoms with Crippen molar-refractivity contribution in [3.05, 3.63) is 5.69 Å². The van der Waals surface area contributed by atoms with Gasteiger partial charge in [-0.25, -0.2) is 5.14 Å². The van der Waals surface area contributed by atoms with Gasteiger partial charge in [0.15, 0.2) is 5.82 Å². The van der Waals surface area contributed by atoms with E-state index < -0.39 is 10.2 Å². The molecule has 8 heteroatoms. The number of nitrogens with one attached hydrogen (secondary N) is 2. The van der Waals surface area contributed by atoms with Crippen molar-refractivity contribution in [2.24, 2.45) is 5.14 Å². The molecule has 12 heavy (non-hydrogen) atoms. The number of aromatic amines is 1. The minimum Gasteiger partial charge on any atom is -0.394 e. The monoisotopic (exact) mass is 191 g/mol. The predicted molar refractivity (Wildman–Crippen MR) is 44.5 cm³/mol. The Morgan fingerprint density at radius 3 is 2.50 bits per heavy atom. The summed E-state index contributed by atoms with van der Waals surface area (Å²) in [6, 6.07) is 0. The standard InChI is InChI=1S/C4H9N5O2S/c1-2-3(5)4(8-7-2)9-12(6,10)11/h5H2,1H3,(H2,6,10,11)(H2,7,8,9). The summed E-state index contributed by atoms with van der Waals surface area (Å²) < 4.78 is 23.0. The predicted octanol–water partition coefficient (Wildman–Crippen LogP) is -1.08. The van der Waals surface area contributed by atoms with Crippen molar-refractivity contribution in [3.8, 4) is 0 Å². The third-order valence-corrected chi connectivity index (χ3v) is 1.71. The second-order valence-corrected chi connectivity index (χ2v) is 3.55. The van der Waals surface area contributed by atoms with Crippen LogP contribution >= 0.6 is 0 Å². The van der Waals surface area contributed by atoms with Crippen molar-refractivity contribution in [3.63, 3.8) is 0 Å². The van der Waals surface area contributed by atoms with Gasteiger partial charge in [-0.2, -0.15) is 13.5 Å². The number of aryl methyl sites for hydroxylation is 1. The van der Waals surface area contributed by atoms with Gasteiger partial charge in [-0.05, 0) is 6.92 Å². The van der Waals surface area contributed by atoms with E-state index in [1.807, 2.05) is 4.72 Å². The summed E-state index contributed by atoms with van der Waals surface area (Å²) in [6.45, 7) is 1.66. The molecule has 1 heterocycles. The molecule has 7 nitrogen and oxygen atoms in total. The van der Waals surface area contributed by atoms with Gasteiger partial charge in [0.1, 0.15) is 0 Å². The lowest BCUT2D eigenvalue weighted by Gasteiger charge is -1.98. The molecule has 0 fully saturated rings. The highest BCUT2D eigenvalue weighted by molar-refractivity contribution is 7.90. The van der Waals surface area contributed by atoms with Crippen LogP contribution in [0.5, 0.6) is 0 Å². The first-order chi connectivity index (χ1) is 5.40. The van der Waals surface area contributed by atoms with Gasteiger partial charge in [0, 0.05) is 0 Å². The molecule has 1 rings (SSSR count). The molecule has 0 aliphatic rings. The first-order valence-corrected chi connectivity index (χ1v) is 4.56. The molecular formula is C4H9N5O2S. The van der Waals surface area contributed by atoms with Crippen molar-refractivity contribution < 1.29 is 8.42 Å². The normalized spacial score (nSPS) is 11.5. The van der Waals surface area contributed by atoms with Crippen LogP contribution in [0.4, 0.5) is 11.5 Å². The lowest BCUT2D eigenvalue weighted by Crippen LogP contribution is -2.22. The number of anilines is 2. The van der Waals surface area contributed by atoms with Gasteiger partial charge in [0.2, 0.25) is 0 Å². The zero-order valence-corrected chi connectivity index (χ0v) is 7.14. The molecule has 0 atom stereocenters. The smallest absolute Gasteiger partial charge is 0.297 e. The lowest BCUT2D eigenvalue weighted by atomic mass is 10.4. The maximum Gasteiger partial charge on any atom is 0.297 e. The van der Waals surface area contributed by atoms with E-state index >= 15 is 0 Å². The van der Waals surface area contributed by atoms with Crippen molar-refractivity contribution >= 4 is 21.7 Å². The molecule has 0 saturated carbocycles. The van der Waals surface area contributed by atoms with Crippen LogP contribution < -0.4 is 15.6 Å². The summed E-state index contributed by atoms with van der Waals surface area (Å²) >= 11 is 0. The molecule has 0 aromatic carbocycles. The summed E-state index contributed by atoms with van der Waals surface area (Å²) in [4.78, 5) is 0. The summed E-state index contributed by atoms with van der Waals surface area (Å²) in [6.07, 6.45) is 0. The molecule has 0 saturated heterocycles. The fraction of sp³-hybridized carbons (Fsp3) is 0.250. The Morgan fingerprint density at radius 1 is 1.58 bits per heavy atom. The topological polar surface area (TPSA) is 127 Å². The molecule has 1 aromatic rings. The number of H-pyrrole nitrogens is 1. The van der Waals surface area contributed by atoms with Crippen molar-refractivity contribution in [1.82, 2.24) is 10.2 Å². The zero-order chi connectivity index (χ0) is 9.35. The lowest BCUT2D eigenvalue weighted by molar-refractivity contribution is 0.602. The number of nitrogen functional groups attached to an aromatic ring is 1. The van der Waals surface area contributed by atoms with Crippen molar-refractivity contribution in [2.75, 3.05) is 10.5 Å². The Kier molecular flexibility index (Phi) is 1.94. The van der Waals surface area contributed by atoms with Crippen molar-refractivity contribution in [2.45, 2.75) is 6.92 Å². The molecule has 0 aliphatic carbocycles. The number of hydrogen-bond acceptors (Lipinski definition) is 4. The Morgan fingerprint density at radius 2 is 2.17 bits per heavy atom. The van der Waals surface area contributed by atoms with Crippen LogP contribution in [0, 0.1) is 6.92 Å². The number of aromatic nitrogens is 2. The summed E-state index contributed by atoms with van der Waals surface area (Å²) in [7, 11) is -3.80. The van der Waals surface area contributed by atoms with Gasteiger partial charge in [0.05, 0.1) is 11.4 Å². The Bertz CT molecular complexity index is 380. The zero-order valence-electron chi connectivity index (χ0n) is 6.33. The SMILES string of the molecule is Cc1[nH]nc(NS(N)(=O)=O)c1N. The third kappa shape index (κ3) is 1.86. The quantitative estimate of drug-likeness (QED) is 0.474. The van der Waals surface area contributed by atoms with Gasteiger partial charge in [-0.15, -0.1) is 0 Å². The van der Waals surface area contributed by atoms with Gasteiger partial charge in [-0.1, -0.05) is 0 Å². The molecule has 68 valence electrons. The summed E-state index contributed by atoms with van der Waals surface area (Å²) in [5.41, 5.74) is 6.26. The Labute approximate surface area is 69.3 Å². The first kappa shape index (κ1) is 8.81. The molecule has 0 bridgehead atoms. The van der Waals surface area contributed by atoms with E-state index in [9.17, 15) is 8.42 Å². The minimum atomic E-state index is -3.80. The fourth-order valence-corrected chi connectivity index (χ4v) is 1.08. The molecule has 0 amide bonds. The molecule has 0 spiro atoms. The van der Waals surface area contributed by atoms with Crippen LogP contribution in [-0.4, -0.2) is 18.6 Å². The third-order valence-electron chi connectivity index (χ3n) is 1.23. The maximum atomic E-state index is 10.5. The molecule has 6 N–H and O–H groups in total. The fourth-order valence-electron chi connectivity index (χ4n) is 0.650. The molecule has 0 unspecified atom stereocenters. The van der Waals surface area contributed by atoms with Crippen LogP contribution in [0.1, 0.15) is 5.69 Å². The molecule has 0 aliphatic heterocycles. The minimum absolute atomic E-state index is 0.0231. The van der Waals surface area contributed by atoms with E-state index in [-0.39, 0.29) is 11.5 Å². The highest BCUT2D eigenvalue weighted by atomic mass is 32.2. The van der Waals surface area contributed by atoms with E-state index in [1.165, 1.54) is 0 Å². The maximum absolute atomic E-state index is 10.5. The van der Waals surface area contributed by atoms with E-state index in [4.69, 9.17) is 10.9 Å². The van der Waals surface area contributed by atoms with Crippen LogP contribution in [0.15, 0.2) is 0 Å². The van der Waals surface area contributed by atoms with E-state index in [2.05, 4.69) is 10.2 Å². The van der Waals surface area contributed by atoms with E-state index in [0.717, 1.165) is 0 Å². The van der Waals surface area contributed by atoms with Gasteiger partial charge < -0.3 is 5.73 Å². The van der Waals surface area contributed by atoms with Crippen molar-refractivity contribution in [1.29, 1.82) is 0 Å². The highest BCUT2D eigenvalue weighted by Gasteiger charge is 2.10. The highest BCUT2D eigenvalue weighted by Crippen LogP contribution is 2.17. The number of rotatable bonds is 2. The molecule has 1 aromatic heterocycles. The Balaban J connectivity index is 2.99. The average Bonchev–Trinajstić information content (AvgIpc) is 2.16. The number of nitrogens with two attached hydrogens (primary N) is 2. The van der Waals surface area contributed by atoms with Crippen LogP contribution in [0.25, 0.3) is 0 Å². The van der Waals surface area contributed by atoms with Gasteiger partial charge in [0.25, 0.3) is 10.2 Å². The summed E-state index contributed by atoms with van der Waals surface area (Å²) in [5.74, 6) is 0.0231. The van der Waals surface area contributed by atoms with E-state index in [0.29, 0.717) is 5.69 Å². The van der Waals surface area contributed by atoms with Gasteiger partial charge in [-0.3, -0.25) is 9.82 Å². The van der Waals surface area contributed by atoms with E-state index in [1.54, 1.807) is 6.92 Å². The Hall–Kier alpha value is -1.28. The average molecular weight is 191 g/mol. The number of hydrogen-bond donors (Lipinski definition) is 4. The second-order valence-electron chi connectivity index (χ2n) is 2.26. The first-order valence-electron chi connectivity index (χ1n) is 3.01. The van der Waals surface area contributed by atoms with Crippen LogP contribution in [0.3, 0.4) is 0 Å². The second kappa shape index (κ2) is 2.64. The molecule has 0 radical (unpaired) electrons. The van der Waals surface area contributed by atoms with Crippen LogP contribution in [0.2, 0.25) is 0 Å².